The van der Waals surface area contributed by atoms with Crippen molar-refractivity contribution in [2.75, 3.05) is 5.32 Å². The number of nitriles is 1. The lowest BCUT2D eigenvalue weighted by molar-refractivity contribution is 0.102. The molecule has 0 aliphatic heterocycles. The van der Waals surface area contributed by atoms with Crippen LogP contribution < -0.4 is 5.32 Å². The number of nitrogens with one attached hydrogen (secondary N) is 1. The van der Waals surface area contributed by atoms with E-state index in [4.69, 9.17) is 5.26 Å². The minimum Gasteiger partial charge on any atom is -0.389 e. The summed E-state index contributed by atoms with van der Waals surface area (Å²) in [7, 11) is 0. The smallest absolute Gasteiger partial charge is 0.255 e. The van der Waals surface area contributed by atoms with Crippen LogP contribution in [0.4, 0.5) is 5.69 Å². The Morgan fingerprint density at radius 3 is 2.70 bits per heavy atom. The van der Waals surface area contributed by atoms with Gasteiger partial charge in [-0.1, -0.05) is 24.3 Å². The summed E-state index contributed by atoms with van der Waals surface area (Å²) in [5.74, 6) is -0.310. The summed E-state index contributed by atoms with van der Waals surface area (Å²) in [4.78, 5) is 12.2. The number of hydrogen-bond donors (Lipinski definition) is 2. The number of carbonyl (C=O) groups excluding carboxylic acids is 1. The van der Waals surface area contributed by atoms with E-state index in [0.717, 1.165) is 0 Å². The number of amides is 1. The molecule has 0 saturated carbocycles. The number of aliphatic hydroxyl groups is 1. The predicted octanol–water partition coefficient (Wildman–Crippen LogP) is 2.86. The lowest BCUT2D eigenvalue weighted by Gasteiger charge is -2.13. The second-order valence-electron chi connectivity index (χ2n) is 4.41. The molecule has 1 amide bonds. The van der Waals surface area contributed by atoms with E-state index in [1.807, 2.05) is 6.07 Å². The van der Waals surface area contributed by atoms with E-state index in [-0.39, 0.29) is 5.91 Å². The van der Waals surface area contributed by atoms with Gasteiger partial charge in [-0.05, 0) is 31.2 Å². The minimum absolute atomic E-state index is 0.310. The van der Waals surface area contributed by atoms with Gasteiger partial charge in [0.15, 0.2) is 0 Å². The normalized spacial score (nSPS) is 11.4. The third-order valence-electron chi connectivity index (χ3n) is 2.91. The van der Waals surface area contributed by atoms with E-state index >= 15 is 0 Å². The van der Waals surface area contributed by atoms with E-state index in [0.29, 0.717) is 22.4 Å². The minimum atomic E-state index is -0.669. The molecule has 20 heavy (non-hydrogen) atoms. The Morgan fingerprint density at radius 2 is 2.00 bits per heavy atom. The molecule has 4 nitrogen and oxygen atoms in total. The topological polar surface area (TPSA) is 73.1 Å². The Morgan fingerprint density at radius 1 is 1.25 bits per heavy atom. The SMILES string of the molecule is CC(O)c1ccccc1NC(=O)c1cccc(C#N)c1. The molecule has 0 spiro atoms. The molecule has 0 radical (unpaired) electrons. The zero-order chi connectivity index (χ0) is 14.5. The molecule has 0 bridgehead atoms. The molecule has 1 atom stereocenters. The number of rotatable bonds is 3. The molecule has 2 aromatic carbocycles. The zero-order valence-electron chi connectivity index (χ0n) is 11.0. The Bertz CT molecular complexity index is 672. The van der Waals surface area contributed by atoms with Crippen LogP contribution >= 0.6 is 0 Å². The van der Waals surface area contributed by atoms with E-state index in [1.54, 1.807) is 49.4 Å². The highest BCUT2D eigenvalue weighted by atomic mass is 16.3. The lowest BCUT2D eigenvalue weighted by Crippen LogP contribution is -2.14. The molecule has 4 heteroatoms. The summed E-state index contributed by atoms with van der Waals surface area (Å²) < 4.78 is 0. The Kier molecular flexibility index (Phi) is 4.14. The summed E-state index contributed by atoms with van der Waals surface area (Å²) in [6.45, 7) is 1.64. The average Bonchev–Trinajstić information content (AvgIpc) is 2.47. The van der Waals surface area contributed by atoms with Gasteiger partial charge in [-0.3, -0.25) is 4.79 Å². The monoisotopic (exact) mass is 266 g/mol. The molecule has 2 rings (SSSR count). The fourth-order valence-corrected chi connectivity index (χ4v) is 1.90. The lowest BCUT2D eigenvalue weighted by atomic mass is 10.1. The first kappa shape index (κ1) is 13.8. The highest BCUT2D eigenvalue weighted by molar-refractivity contribution is 6.04. The standard InChI is InChI=1S/C16H14N2O2/c1-11(19)14-7-2-3-8-15(14)18-16(20)13-6-4-5-12(9-13)10-17/h2-9,11,19H,1H3,(H,18,20). The van der Waals surface area contributed by atoms with Crippen molar-refractivity contribution < 1.29 is 9.90 Å². The molecule has 0 aromatic heterocycles. The summed E-state index contributed by atoms with van der Waals surface area (Å²) in [5.41, 5.74) is 2.05. The van der Waals surface area contributed by atoms with Gasteiger partial charge >= 0.3 is 0 Å². The van der Waals surface area contributed by atoms with Gasteiger partial charge in [0.25, 0.3) is 5.91 Å². The van der Waals surface area contributed by atoms with E-state index in [2.05, 4.69) is 5.32 Å². The molecule has 1 unspecified atom stereocenters. The van der Waals surface area contributed by atoms with Crippen molar-refractivity contribution in [2.45, 2.75) is 13.0 Å². The van der Waals surface area contributed by atoms with Crippen LogP contribution in [0.5, 0.6) is 0 Å². The van der Waals surface area contributed by atoms with Gasteiger partial charge in [-0.15, -0.1) is 0 Å². The molecule has 0 aliphatic rings. The van der Waals surface area contributed by atoms with Crippen molar-refractivity contribution in [3.05, 3.63) is 65.2 Å². The van der Waals surface area contributed by atoms with Crippen molar-refractivity contribution in [3.63, 3.8) is 0 Å². The molecule has 0 aliphatic carbocycles. The van der Waals surface area contributed by atoms with Gasteiger partial charge in [0.1, 0.15) is 0 Å². The molecule has 0 saturated heterocycles. The van der Waals surface area contributed by atoms with Gasteiger partial charge in [0.2, 0.25) is 0 Å². The van der Waals surface area contributed by atoms with Crippen LogP contribution in [0.1, 0.15) is 34.5 Å². The molecular formula is C16H14N2O2. The van der Waals surface area contributed by atoms with Crippen LogP contribution in [-0.4, -0.2) is 11.0 Å². The summed E-state index contributed by atoms with van der Waals surface area (Å²) in [6, 6.07) is 15.5. The Balaban J connectivity index is 2.26. The van der Waals surface area contributed by atoms with Crippen molar-refractivity contribution in [2.24, 2.45) is 0 Å². The number of carbonyl (C=O) groups is 1. The highest BCUT2D eigenvalue weighted by Gasteiger charge is 2.11. The summed E-state index contributed by atoms with van der Waals surface area (Å²) >= 11 is 0. The van der Waals surface area contributed by atoms with E-state index in [9.17, 15) is 9.90 Å². The van der Waals surface area contributed by atoms with E-state index < -0.39 is 6.10 Å². The quantitative estimate of drug-likeness (QED) is 0.897. The number of anilines is 1. The van der Waals surface area contributed by atoms with Gasteiger partial charge < -0.3 is 10.4 Å². The third-order valence-corrected chi connectivity index (χ3v) is 2.91. The number of benzene rings is 2. The van der Waals surface area contributed by atoms with Crippen molar-refractivity contribution >= 4 is 11.6 Å². The molecule has 0 fully saturated rings. The average molecular weight is 266 g/mol. The first-order chi connectivity index (χ1) is 9.61. The number of para-hydroxylation sites is 1. The maximum Gasteiger partial charge on any atom is 0.255 e. The van der Waals surface area contributed by atoms with Gasteiger partial charge in [0.05, 0.1) is 17.7 Å². The number of nitrogens with zero attached hydrogens (tertiary/aromatic N) is 1. The predicted molar refractivity (Wildman–Crippen MR) is 76.2 cm³/mol. The van der Waals surface area contributed by atoms with Crippen molar-refractivity contribution in [1.82, 2.24) is 0 Å². The fourth-order valence-electron chi connectivity index (χ4n) is 1.90. The molecule has 100 valence electrons. The number of hydrogen-bond acceptors (Lipinski definition) is 3. The molecule has 2 N–H and O–H groups in total. The Hall–Kier alpha value is -2.64. The van der Waals surface area contributed by atoms with Crippen molar-refractivity contribution in [3.8, 4) is 6.07 Å². The second kappa shape index (κ2) is 6.00. The third kappa shape index (κ3) is 3.02. The molecule has 2 aromatic rings. The fraction of sp³-hybridized carbons (Fsp3) is 0.125. The van der Waals surface area contributed by atoms with Gasteiger partial charge in [0, 0.05) is 16.8 Å². The summed E-state index contributed by atoms with van der Waals surface area (Å²) in [6.07, 6.45) is -0.669. The zero-order valence-corrected chi connectivity index (χ0v) is 11.0. The van der Waals surface area contributed by atoms with Gasteiger partial charge in [-0.25, -0.2) is 0 Å². The van der Waals surface area contributed by atoms with Crippen LogP contribution in [0, 0.1) is 11.3 Å². The Labute approximate surface area is 117 Å². The second-order valence-corrected chi connectivity index (χ2v) is 4.41. The largest absolute Gasteiger partial charge is 0.389 e. The van der Waals surface area contributed by atoms with Crippen LogP contribution in [0.15, 0.2) is 48.5 Å². The first-order valence-corrected chi connectivity index (χ1v) is 6.20. The van der Waals surface area contributed by atoms with Crippen molar-refractivity contribution in [1.29, 1.82) is 5.26 Å². The van der Waals surface area contributed by atoms with Crippen LogP contribution in [0.3, 0.4) is 0 Å². The van der Waals surface area contributed by atoms with E-state index in [1.165, 1.54) is 6.07 Å². The number of aliphatic hydroxyl groups excluding tert-OH is 1. The maximum absolute atomic E-state index is 12.2. The summed E-state index contributed by atoms with van der Waals surface area (Å²) in [5, 5.41) is 21.3. The van der Waals surface area contributed by atoms with Crippen LogP contribution in [0.2, 0.25) is 0 Å². The first-order valence-electron chi connectivity index (χ1n) is 6.20. The van der Waals surface area contributed by atoms with Crippen LogP contribution in [0.25, 0.3) is 0 Å². The van der Waals surface area contributed by atoms with Crippen LogP contribution in [-0.2, 0) is 0 Å². The molecular weight excluding hydrogens is 252 g/mol. The van der Waals surface area contributed by atoms with Gasteiger partial charge in [-0.2, -0.15) is 5.26 Å². The highest BCUT2D eigenvalue weighted by Crippen LogP contribution is 2.22. The molecule has 0 heterocycles. The maximum atomic E-state index is 12.2.